The van der Waals surface area contributed by atoms with E-state index < -0.39 is 0 Å². The smallest absolute Gasteiger partial charge is 0.272 e. The minimum absolute atomic E-state index is 0.0110. The van der Waals surface area contributed by atoms with Crippen molar-refractivity contribution < 1.29 is 9.53 Å². The van der Waals surface area contributed by atoms with Crippen molar-refractivity contribution in [1.82, 2.24) is 15.1 Å². The standard InChI is InChI=1S/C21H23Cl2N3O2/c22-16-1-2-19(17(23)8-16)28-12-26-4-3-18(25-26)20(27)24-21-9-13-5-14(10-21)7-15(6-13)11-21/h1-4,8,13-15H,5-7,9-12H2,(H,24,27). The molecule has 7 heteroatoms. The second-order valence-corrected chi connectivity index (χ2v) is 9.58. The zero-order chi connectivity index (χ0) is 19.3. The maximum Gasteiger partial charge on any atom is 0.272 e. The normalized spacial score (nSPS) is 30.4. The van der Waals surface area contributed by atoms with Crippen LogP contribution in [0.5, 0.6) is 5.75 Å². The van der Waals surface area contributed by atoms with Crippen LogP contribution in [0.4, 0.5) is 0 Å². The molecule has 1 N–H and O–H groups in total. The van der Waals surface area contributed by atoms with Crippen molar-refractivity contribution in [2.24, 2.45) is 17.8 Å². The minimum atomic E-state index is -0.0785. The van der Waals surface area contributed by atoms with Crippen molar-refractivity contribution in [3.63, 3.8) is 0 Å². The Morgan fingerprint density at radius 3 is 2.46 bits per heavy atom. The van der Waals surface area contributed by atoms with Gasteiger partial charge in [0.1, 0.15) is 11.4 Å². The number of benzene rings is 1. The van der Waals surface area contributed by atoms with Gasteiger partial charge in [0.2, 0.25) is 0 Å². The second-order valence-electron chi connectivity index (χ2n) is 8.74. The van der Waals surface area contributed by atoms with Crippen molar-refractivity contribution in [2.75, 3.05) is 0 Å². The number of aromatic nitrogens is 2. The van der Waals surface area contributed by atoms with Crippen LogP contribution < -0.4 is 10.1 Å². The molecule has 28 heavy (non-hydrogen) atoms. The third kappa shape index (κ3) is 3.50. The van der Waals surface area contributed by atoms with Crippen LogP contribution in [-0.2, 0) is 6.73 Å². The number of carbonyl (C=O) groups excluding carboxylic acids is 1. The van der Waals surface area contributed by atoms with Gasteiger partial charge in [0, 0.05) is 16.8 Å². The third-order valence-electron chi connectivity index (χ3n) is 6.54. The molecule has 1 amide bonds. The summed E-state index contributed by atoms with van der Waals surface area (Å²) in [5.41, 5.74) is 0.421. The minimum Gasteiger partial charge on any atom is -0.470 e. The lowest BCUT2D eigenvalue weighted by atomic mass is 9.53. The Bertz CT molecular complexity index is 876. The van der Waals surface area contributed by atoms with E-state index in [1.165, 1.54) is 19.3 Å². The van der Waals surface area contributed by atoms with Gasteiger partial charge in [0.15, 0.2) is 6.73 Å². The Labute approximate surface area is 174 Å². The Morgan fingerprint density at radius 2 is 1.82 bits per heavy atom. The molecule has 4 aliphatic carbocycles. The lowest BCUT2D eigenvalue weighted by molar-refractivity contribution is -0.0168. The second kappa shape index (κ2) is 6.96. The van der Waals surface area contributed by atoms with Gasteiger partial charge in [0.05, 0.1) is 5.02 Å². The summed E-state index contributed by atoms with van der Waals surface area (Å²) < 4.78 is 7.28. The van der Waals surface area contributed by atoms with E-state index in [0.29, 0.717) is 21.5 Å². The van der Waals surface area contributed by atoms with Crippen LogP contribution in [0.3, 0.4) is 0 Å². The van der Waals surface area contributed by atoms with Crippen molar-refractivity contribution >= 4 is 29.1 Å². The zero-order valence-electron chi connectivity index (χ0n) is 15.5. The average Bonchev–Trinajstić information content (AvgIpc) is 3.08. The van der Waals surface area contributed by atoms with Crippen LogP contribution >= 0.6 is 23.2 Å². The van der Waals surface area contributed by atoms with Crippen LogP contribution in [0.2, 0.25) is 10.0 Å². The molecule has 4 fully saturated rings. The average molecular weight is 420 g/mol. The molecule has 0 unspecified atom stereocenters. The number of ether oxygens (including phenoxy) is 1. The molecule has 1 heterocycles. The predicted octanol–water partition coefficient (Wildman–Crippen LogP) is 4.93. The highest BCUT2D eigenvalue weighted by Gasteiger charge is 2.51. The lowest BCUT2D eigenvalue weighted by Crippen LogP contribution is -2.59. The number of hydrogen-bond acceptors (Lipinski definition) is 3. The summed E-state index contributed by atoms with van der Waals surface area (Å²) in [4.78, 5) is 12.8. The molecule has 1 aromatic carbocycles. The molecule has 4 aliphatic rings. The highest BCUT2D eigenvalue weighted by atomic mass is 35.5. The first-order valence-corrected chi connectivity index (χ1v) is 10.7. The molecule has 4 saturated carbocycles. The van der Waals surface area contributed by atoms with Gasteiger partial charge in [-0.05, 0) is 80.5 Å². The molecule has 0 atom stereocenters. The van der Waals surface area contributed by atoms with E-state index in [1.54, 1.807) is 35.1 Å². The monoisotopic (exact) mass is 419 g/mol. The number of halogens is 2. The molecule has 148 valence electrons. The first-order chi connectivity index (χ1) is 13.5. The Balaban J connectivity index is 1.23. The van der Waals surface area contributed by atoms with Gasteiger partial charge in [-0.3, -0.25) is 4.79 Å². The third-order valence-corrected chi connectivity index (χ3v) is 7.07. The van der Waals surface area contributed by atoms with Crippen molar-refractivity contribution in [3.8, 4) is 5.75 Å². The van der Waals surface area contributed by atoms with E-state index in [9.17, 15) is 4.79 Å². The molecule has 0 saturated heterocycles. The van der Waals surface area contributed by atoms with Crippen molar-refractivity contribution in [1.29, 1.82) is 0 Å². The molecular formula is C21H23Cl2N3O2. The molecule has 2 aromatic rings. The molecule has 6 rings (SSSR count). The zero-order valence-corrected chi connectivity index (χ0v) is 17.0. The summed E-state index contributed by atoms with van der Waals surface area (Å²) in [6.07, 6.45) is 9.20. The SMILES string of the molecule is O=C(NC12CC3CC(CC(C3)C1)C2)c1ccn(COc2ccc(Cl)cc2Cl)n1. The van der Waals surface area contributed by atoms with Gasteiger partial charge >= 0.3 is 0 Å². The van der Waals surface area contributed by atoms with Gasteiger partial charge < -0.3 is 10.1 Å². The summed E-state index contributed by atoms with van der Waals surface area (Å²) in [5.74, 6) is 2.83. The maximum atomic E-state index is 12.8. The topological polar surface area (TPSA) is 56.2 Å². The lowest BCUT2D eigenvalue weighted by Gasteiger charge is -2.56. The number of rotatable bonds is 5. The van der Waals surface area contributed by atoms with E-state index >= 15 is 0 Å². The molecule has 5 nitrogen and oxygen atoms in total. The molecule has 0 spiro atoms. The molecule has 4 bridgehead atoms. The Hall–Kier alpha value is -1.72. The summed E-state index contributed by atoms with van der Waals surface area (Å²) >= 11 is 12.0. The van der Waals surface area contributed by atoms with Gasteiger partial charge in [0.25, 0.3) is 5.91 Å². The molecular weight excluding hydrogens is 397 g/mol. The summed E-state index contributed by atoms with van der Waals surface area (Å²) in [6.45, 7) is 0.173. The largest absolute Gasteiger partial charge is 0.470 e. The van der Waals surface area contributed by atoms with E-state index in [1.807, 2.05) is 0 Å². The first-order valence-electron chi connectivity index (χ1n) is 9.92. The quantitative estimate of drug-likeness (QED) is 0.747. The fourth-order valence-corrected chi connectivity index (χ4v) is 6.31. The summed E-state index contributed by atoms with van der Waals surface area (Å²) in [6, 6.07) is 6.81. The van der Waals surface area contributed by atoms with E-state index in [-0.39, 0.29) is 18.2 Å². The van der Waals surface area contributed by atoms with Gasteiger partial charge in [-0.25, -0.2) is 4.68 Å². The van der Waals surface area contributed by atoms with E-state index in [0.717, 1.165) is 37.0 Å². The van der Waals surface area contributed by atoms with E-state index in [2.05, 4.69) is 10.4 Å². The highest BCUT2D eigenvalue weighted by Crippen LogP contribution is 2.55. The molecule has 0 radical (unpaired) electrons. The van der Waals surface area contributed by atoms with Gasteiger partial charge in [-0.2, -0.15) is 5.10 Å². The van der Waals surface area contributed by atoms with Crippen LogP contribution in [-0.4, -0.2) is 21.2 Å². The fourth-order valence-electron chi connectivity index (χ4n) is 5.85. The van der Waals surface area contributed by atoms with Crippen LogP contribution in [0.25, 0.3) is 0 Å². The summed E-state index contributed by atoms with van der Waals surface area (Å²) in [5, 5.41) is 8.73. The highest BCUT2D eigenvalue weighted by molar-refractivity contribution is 6.35. The Morgan fingerprint density at radius 1 is 1.14 bits per heavy atom. The number of hydrogen-bond donors (Lipinski definition) is 1. The van der Waals surface area contributed by atoms with Crippen LogP contribution in [0.1, 0.15) is 49.0 Å². The van der Waals surface area contributed by atoms with Crippen LogP contribution in [0, 0.1) is 17.8 Å². The summed E-state index contributed by atoms with van der Waals surface area (Å²) in [7, 11) is 0. The van der Waals surface area contributed by atoms with Crippen molar-refractivity contribution in [2.45, 2.75) is 50.8 Å². The van der Waals surface area contributed by atoms with Gasteiger partial charge in [-0.15, -0.1) is 0 Å². The maximum absolute atomic E-state index is 12.8. The number of nitrogens with one attached hydrogen (secondary N) is 1. The number of carbonyl (C=O) groups is 1. The van der Waals surface area contributed by atoms with Crippen molar-refractivity contribution in [3.05, 3.63) is 46.2 Å². The first kappa shape index (κ1) is 18.3. The van der Waals surface area contributed by atoms with Crippen LogP contribution in [0.15, 0.2) is 30.5 Å². The number of nitrogens with zero attached hydrogens (tertiary/aromatic N) is 2. The fraction of sp³-hybridized carbons (Fsp3) is 0.524. The number of amides is 1. The van der Waals surface area contributed by atoms with Gasteiger partial charge in [-0.1, -0.05) is 23.2 Å². The van der Waals surface area contributed by atoms with E-state index in [4.69, 9.17) is 27.9 Å². The molecule has 0 aliphatic heterocycles. The molecule has 1 aromatic heterocycles. The predicted molar refractivity (Wildman–Crippen MR) is 108 cm³/mol. The Kier molecular flexibility index (Phi) is 4.55.